The van der Waals surface area contributed by atoms with Crippen molar-refractivity contribution in [1.29, 1.82) is 5.26 Å². The van der Waals surface area contributed by atoms with Gasteiger partial charge >= 0.3 is 0 Å². The SMILES string of the molecule is CNS(=O)(=O)Nc1ccc(C#N)cc1. The van der Waals surface area contributed by atoms with E-state index in [0.717, 1.165) is 0 Å². The molecule has 0 saturated carbocycles. The number of nitrogens with one attached hydrogen (secondary N) is 2. The van der Waals surface area contributed by atoms with E-state index in [9.17, 15) is 8.42 Å². The molecule has 0 bridgehead atoms. The zero-order chi connectivity index (χ0) is 10.6. The van der Waals surface area contributed by atoms with Gasteiger partial charge in [-0.05, 0) is 24.3 Å². The van der Waals surface area contributed by atoms with Crippen molar-refractivity contribution in [2.45, 2.75) is 0 Å². The minimum absolute atomic E-state index is 0.415. The minimum Gasteiger partial charge on any atom is -0.271 e. The normalized spacial score (nSPS) is 10.6. The summed E-state index contributed by atoms with van der Waals surface area (Å²) in [7, 11) is -2.16. The Kier molecular flexibility index (Phi) is 3.06. The zero-order valence-corrected chi connectivity index (χ0v) is 8.30. The Morgan fingerprint density at radius 3 is 2.29 bits per heavy atom. The molecule has 74 valence electrons. The summed E-state index contributed by atoms with van der Waals surface area (Å²) in [5, 5.41) is 8.51. The van der Waals surface area contributed by atoms with E-state index in [0.29, 0.717) is 11.3 Å². The van der Waals surface area contributed by atoms with E-state index in [1.165, 1.54) is 31.3 Å². The lowest BCUT2D eigenvalue weighted by atomic mass is 10.2. The quantitative estimate of drug-likeness (QED) is 0.760. The number of benzene rings is 1. The molecule has 6 heteroatoms. The summed E-state index contributed by atoms with van der Waals surface area (Å²) < 4.78 is 26.5. The van der Waals surface area contributed by atoms with Crippen LogP contribution in [0.25, 0.3) is 0 Å². The number of hydrogen-bond donors (Lipinski definition) is 2. The molecule has 5 nitrogen and oxygen atoms in total. The molecule has 0 saturated heterocycles. The molecule has 1 aromatic carbocycles. The molecule has 0 fully saturated rings. The van der Waals surface area contributed by atoms with Gasteiger partial charge in [0.2, 0.25) is 0 Å². The van der Waals surface area contributed by atoms with Crippen molar-refractivity contribution in [2.75, 3.05) is 11.8 Å². The van der Waals surface area contributed by atoms with Crippen LogP contribution in [0, 0.1) is 11.3 Å². The van der Waals surface area contributed by atoms with Crippen molar-refractivity contribution in [3.63, 3.8) is 0 Å². The first-order valence-electron chi connectivity index (χ1n) is 3.79. The third-order valence-corrected chi connectivity index (χ3v) is 2.58. The first-order chi connectivity index (χ1) is 6.57. The average molecular weight is 211 g/mol. The Morgan fingerprint density at radius 1 is 1.29 bits per heavy atom. The van der Waals surface area contributed by atoms with Gasteiger partial charge in [0.1, 0.15) is 0 Å². The summed E-state index contributed by atoms with van der Waals surface area (Å²) >= 11 is 0. The summed E-state index contributed by atoms with van der Waals surface area (Å²) in [6, 6.07) is 8.05. The van der Waals surface area contributed by atoms with Gasteiger partial charge in [-0.1, -0.05) is 0 Å². The van der Waals surface area contributed by atoms with Gasteiger partial charge < -0.3 is 0 Å². The van der Waals surface area contributed by atoms with E-state index >= 15 is 0 Å². The highest BCUT2D eigenvalue weighted by Gasteiger charge is 2.04. The van der Waals surface area contributed by atoms with Gasteiger partial charge in [0.05, 0.1) is 11.6 Å². The van der Waals surface area contributed by atoms with Crippen LogP contribution in [-0.4, -0.2) is 15.5 Å². The predicted octanol–water partition coefficient (Wildman–Crippen LogP) is 0.434. The lowest BCUT2D eigenvalue weighted by Crippen LogP contribution is -2.26. The van der Waals surface area contributed by atoms with Gasteiger partial charge in [-0.15, -0.1) is 0 Å². The number of rotatable bonds is 3. The summed E-state index contributed by atoms with van der Waals surface area (Å²) in [5.74, 6) is 0. The van der Waals surface area contributed by atoms with Gasteiger partial charge in [-0.25, -0.2) is 4.72 Å². The Morgan fingerprint density at radius 2 is 1.86 bits per heavy atom. The van der Waals surface area contributed by atoms with Gasteiger partial charge in [0.25, 0.3) is 10.2 Å². The Bertz CT molecular complexity index is 444. The first kappa shape index (κ1) is 10.5. The van der Waals surface area contributed by atoms with E-state index in [1.54, 1.807) is 0 Å². The largest absolute Gasteiger partial charge is 0.298 e. The summed E-state index contributed by atoms with van der Waals surface area (Å²) in [6.45, 7) is 0. The number of nitriles is 1. The van der Waals surface area contributed by atoms with Gasteiger partial charge in [-0.2, -0.15) is 13.7 Å². The molecule has 0 aliphatic carbocycles. The molecule has 1 aromatic rings. The second-order valence-corrected chi connectivity index (χ2v) is 4.12. The molecule has 0 spiro atoms. The second kappa shape index (κ2) is 4.09. The van der Waals surface area contributed by atoms with Crippen molar-refractivity contribution >= 4 is 15.9 Å². The Hall–Kier alpha value is -1.58. The number of anilines is 1. The van der Waals surface area contributed by atoms with Crippen LogP contribution in [0.2, 0.25) is 0 Å². The molecule has 0 atom stereocenters. The molecule has 14 heavy (non-hydrogen) atoms. The Balaban J connectivity index is 2.86. The van der Waals surface area contributed by atoms with Crippen molar-refractivity contribution in [3.05, 3.63) is 29.8 Å². The Labute approximate surface area is 82.5 Å². The third-order valence-electron chi connectivity index (χ3n) is 1.53. The maximum Gasteiger partial charge on any atom is 0.298 e. The maximum absolute atomic E-state index is 11.0. The third kappa shape index (κ3) is 2.73. The highest BCUT2D eigenvalue weighted by Crippen LogP contribution is 2.09. The first-order valence-corrected chi connectivity index (χ1v) is 5.27. The van der Waals surface area contributed by atoms with E-state index in [2.05, 4.69) is 9.44 Å². The predicted molar refractivity (Wildman–Crippen MR) is 52.8 cm³/mol. The van der Waals surface area contributed by atoms with E-state index in [-0.39, 0.29) is 0 Å². The van der Waals surface area contributed by atoms with Gasteiger partial charge in [-0.3, -0.25) is 4.72 Å². The maximum atomic E-state index is 11.0. The van der Waals surface area contributed by atoms with E-state index in [1.807, 2.05) is 6.07 Å². The van der Waals surface area contributed by atoms with Crippen LogP contribution in [0.3, 0.4) is 0 Å². The monoisotopic (exact) mass is 211 g/mol. The average Bonchev–Trinajstić information content (AvgIpc) is 2.19. The molecule has 2 N–H and O–H groups in total. The van der Waals surface area contributed by atoms with Gasteiger partial charge in [0, 0.05) is 12.7 Å². The smallest absolute Gasteiger partial charge is 0.271 e. The minimum atomic E-state index is -3.48. The van der Waals surface area contributed by atoms with Gasteiger partial charge in [0.15, 0.2) is 0 Å². The molecule has 0 aliphatic rings. The van der Waals surface area contributed by atoms with Crippen LogP contribution in [-0.2, 0) is 10.2 Å². The van der Waals surface area contributed by atoms with Crippen LogP contribution < -0.4 is 9.44 Å². The molecular weight excluding hydrogens is 202 g/mol. The molecule has 0 amide bonds. The van der Waals surface area contributed by atoms with Crippen LogP contribution in [0.5, 0.6) is 0 Å². The summed E-state index contributed by atoms with van der Waals surface area (Å²) in [6.07, 6.45) is 0. The van der Waals surface area contributed by atoms with Crippen LogP contribution in [0.15, 0.2) is 24.3 Å². The van der Waals surface area contributed by atoms with Crippen molar-refractivity contribution < 1.29 is 8.42 Å². The molecule has 0 aliphatic heterocycles. The van der Waals surface area contributed by atoms with Crippen molar-refractivity contribution in [1.82, 2.24) is 4.72 Å². The lowest BCUT2D eigenvalue weighted by molar-refractivity contribution is 0.593. The van der Waals surface area contributed by atoms with Crippen LogP contribution >= 0.6 is 0 Å². The topological polar surface area (TPSA) is 82.0 Å². The highest BCUT2D eigenvalue weighted by atomic mass is 32.2. The fourth-order valence-electron chi connectivity index (χ4n) is 0.819. The number of hydrogen-bond acceptors (Lipinski definition) is 3. The van der Waals surface area contributed by atoms with Crippen LogP contribution in [0.4, 0.5) is 5.69 Å². The molecule has 0 radical (unpaired) electrons. The fourth-order valence-corrected chi connectivity index (χ4v) is 1.37. The molecule has 0 heterocycles. The van der Waals surface area contributed by atoms with Crippen molar-refractivity contribution in [2.24, 2.45) is 0 Å². The van der Waals surface area contributed by atoms with Crippen LogP contribution in [0.1, 0.15) is 5.56 Å². The molecule has 1 rings (SSSR count). The fraction of sp³-hybridized carbons (Fsp3) is 0.125. The van der Waals surface area contributed by atoms with E-state index < -0.39 is 10.2 Å². The molecule has 0 aromatic heterocycles. The van der Waals surface area contributed by atoms with E-state index in [4.69, 9.17) is 5.26 Å². The molecule has 0 unspecified atom stereocenters. The molecular formula is C8H9N3O2S. The highest BCUT2D eigenvalue weighted by molar-refractivity contribution is 7.90. The summed E-state index contributed by atoms with van der Waals surface area (Å²) in [5.41, 5.74) is 0.899. The lowest BCUT2D eigenvalue weighted by Gasteiger charge is -2.05. The number of nitrogens with zero attached hydrogens (tertiary/aromatic N) is 1. The standard InChI is InChI=1S/C8H9N3O2S/c1-10-14(12,13)11-8-4-2-7(6-9)3-5-8/h2-5,10-11H,1H3. The second-order valence-electron chi connectivity index (χ2n) is 2.50. The summed E-state index contributed by atoms with van der Waals surface area (Å²) in [4.78, 5) is 0. The zero-order valence-electron chi connectivity index (χ0n) is 7.48. The van der Waals surface area contributed by atoms with Crippen molar-refractivity contribution in [3.8, 4) is 6.07 Å².